The summed E-state index contributed by atoms with van der Waals surface area (Å²) in [7, 11) is 0. The fourth-order valence-corrected chi connectivity index (χ4v) is 2.09. The smallest absolute Gasteiger partial charge is 0.265 e. The highest BCUT2D eigenvalue weighted by atomic mass is 16.2. The van der Waals surface area contributed by atoms with Crippen LogP contribution in [0.1, 0.15) is 35.2 Å². The number of aliphatic hydroxyl groups is 1. The van der Waals surface area contributed by atoms with E-state index in [9.17, 15) is 4.79 Å². The van der Waals surface area contributed by atoms with Gasteiger partial charge in [0.1, 0.15) is 6.61 Å². The highest BCUT2D eigenvalue weighted by Gasteiger charge is 2.13. The van der Waals surface area contributed by atoms with Crippen LogP contribution < -0.4 is 5.43 Å². The molecule has 4 heteroatoms. The Balaban J connectivity index is 2.01. The third kappa shape index (κ3) is 4.09. The summed E-state index contributed by atoms with van der Waals surface area (Å²) in [6, 6.07) is 7.12. The molecule has 0 aliphatic carbocycles. The monoisotopic (exact) mass is 258 g/mol. The molecule has 2 N–H and O–H groups in total. The number of hydrogen-bond acceptors (Lipinski definition) is 3. The molecule has 0 radical (unpaired) electrons. The van der Waals surface area contributed by atoms with Crippen molar-refractivity contribution in [2.75, 3.05) is 19.7 Å². The van der Waals surface area contributed by atoms with E-state index >= 15 is 0 Å². The number of carbonyl (C=O) groups excluding carboxylic acids is 1. The van der Waals surface area contributed by atoms with Crippen LogP contribution in [0.15, 0.2) is 24.3 Å². The van der Waals surface area contributed by atoms with Gasteiger partial charge < -0.3 is 5.11 Å². The molecular formula is C15H18N2O2. The summed E-state index contributed by atoms with van der Waals surface area (Å²) in [6.45, 7) is 1.65. The van der Waals surface area contributed by atoms with Gasteiger partial charge in [-0.2, -0.15) is 0 Å². The zero-order chi connectivity index (χ0) is 13.5. The predicted octanol–water partition coefficient (Wildman–Crippen LogP) is 1.16. The Hall–Kier alpha value is -1.83. The van der Waals surface area contributed by atoms with Gasteiger partial charge in [0.25, 0.3) is 5.91 Å². The van der Waals surface area contributed by atoms with Crippen LogP contribution in [0, 0.1) is 11.8 Å². The molecule has 0 saturated carbocycles. The van der Waals surface area contributed by atoms with Crippen LogP contribution in [0.25, 0.3) is 0 Å². The van der Waals surface area contributed by atoms with Gasteiger partial charge in [-0.25, -0.2) is 5.01 Å². The van der Waals surface area contributed by atoms with Crippen molar-refractivity contribution >= 4 is 5.91 Å². The molecule has 2 rings (SSSR count). The maximum absolute atomic E-state index is 12.1. The van der Waals surface area contributed by atoms with Crippen molar-refractivity contribution in [2.24, 2.45) is 0 Å². The first-order valence-electron chi connectivity index (χ1n) is 6.55. The Morgan fingerprint density at radius 3 is 2.84 bits per heavy atom. The molecule has 1 aromatic rings. The fraction of sp³-hybridized carbons (Fsp3) is 0.400. The van der Waals surface area contributed by atoms with Gasteiger partial charge in [-0.05, 0) is 31.0 Å². The van der Waals surface area contributed by atoms with Crippen LogP contribution in [0.3, 0.4) is 0 Å². The minimum atomic E-state index is -0.176. The Morgan fingerprint density at radius 2 is 2.11 bits per heavy atom. The number of hydrazine groups is 1. The number of rotatable bonds is 2. The molecule has 1 fully saturated rings. The molecular weight excluding hydrogens is 240 g/mol. The molecule has 19 heavy (non-hydrogen) atoms. The average Bonchev–Trinajstić information content (AvgIpc) is 2.46. The molecule has 0 spiro atoms. The lowest BCUT2D eigenvalue weighted by atomic mass is 10.1. The zero-order valence-corrected chi connectivity index (χ0v) is 10.9. The van der Waals surface area contributed by atoms with Gasteiger partial charge in [-0.3, -0.25) is 10.2 Å². The molecule has 0 aromatic heterocycles. The highest BCUT2D eigenvalue weighted by Crippen LogP contribution is 2.08. The van der Waals surface area contributed by atoms with Crippen LogP contribution >= 0.6 is 0 Å². The Morgan fingerprint density at radius 1 is 1.32 bits per heavy atom. The molecule has 1 saturated heterocycles. The predicted molar refractivity (Wildman–Crippen MR) is 73.3 cm³/mol. The van der Waals surface area contributed by atoms with Gasteiger partial charge in [-0.1, -0.05) is 24.3 Å². The summed E-state index contributed by atoms with van der Waals surface area (Å²) in [6.07, 6.45) is 3.49. The molecule has 1 heterocycles. The number of benzene rings is 1. The summed E-state index contributed by atoms with van der Waals surface area (Å²) in [5.41, 5.74) is 4.24. The maximum atomic E-state index is 12.1. The number of carbonyl (C=O) groups is 1. The van der Waals surface area contributed by atoms with Crippen molar-refractivity contribution in [2.45, 2.75) is 19.3 Å². The van der Waals surface area contributed by atoms with E-state index < -0.39 is 0 Å². The zero-order valence-electron chi connectivity index (χ0n) is 10.9. The first-order chi connectivity index (χ1) is 9.29. The van der Waals surface area contributed by atoms with Crippen LogP contribution in [0.4, 0.5) is 0 Å². The van der Waals surface area contributed by atoms with Gasteiger partial charge in [0.05, 0.1) is 0 Å². The summed E-state index contributed by atoms with van der Waals surface area (Å²) >= 11 is 0. The molecule has 1 aromatic carbocycles. The minimum absolute atomic E-state index is 0.102. The van der Waals surface area contributed by atoms with Crippen molar-refractivity contribution in [1.29, 1.82) is 0 Å². The van der Waals surface area contributed by atoms with Gasteiger partial charge in [0, 0.05) is 24.2 Å². The molecule has 1 amide bonds. The average molecular weight is 258 g/mol. The highest BCUT2D eigenvalue weighted by molar-refractivity contribution is 5.94. The molecule has 0 atom stereocenters. The topological polar surface area (TPSA) is 52.6 Å². The van der Waals surface area contributed by atoms with E-state index in [1.807, 2.05) is 11.1 Å². The first kappa shape index (κ1) is 13.6. The Labute approximate surface area is 113 Å². The number of aliphatic hydroxyl groups excluding tert-OH is 1. The minimum Gasteiger partial charge on any atom is -0.384 e. The third-order valence-corrected chi connectivity index (χ3v) is 3.05. The summed E-state index contributed by atoms with van der Waals surface area (Å²) in [5, 5.41) is 10.6. The van der Waals surface area contributed by atoms with Crippen LogP contribution in [-0.4, -0.2) is 35.7 Å². The maximum Gasteiger partial charge on any atom is 0.265 e. The quantitative estimate of drug-likeness (QED) is 0.783. The van der Waals surface area contributed by atoms with Crippen LogP contribution in [0.2, 0.25) is 0 Å². The second kappa shape index (κ2) is 6.93. The number of amides is 1. The fourth-order valence-electron chi connectivity index (χ4n) is 2.09. The number of hydrogen-bond donors (Lipinski definition) is 2. The molecule has 1 aliphatic heterocycles. The van der Waals surface area contributed by atoms with Crippen molar-refractivity contribution in [1.82, 2.24) is 10.4 Å². The van der Waals surface area contributed by atoms with E-state index in [-0.39, 0.29) is 12.5 Å². The van der Waals surface area contributed by atoms with E-state index in [0.717, 1.165) is 31.5 Å². The van der Waals surface area contributed by atoms with E-state index in [2.05, 4.69) is 17.3 Å². The second-order valence-corrected chi connectivity index (χ2v) is 4.53. The van der Waals surface area contributed by atoms with Gasteiger partial charge in [0.2, 0.25) is 0 Å². The Bertz CT molecular complexity index is 496. The normalized spacial score (nSPS) is 15.4. The van der Waals surface area contributed by atoms with Crippen LogP contribution in [0.5, 0.6) is 0 Å². The second-order valence-electron chi connectivity index (χ2n) is 4.53. The lowest BCUT2D eigenvalue weighted by Gasteiger charge is -2.26. The van der Waals surface area contributed by atoms with E-state index in [0.29, 0.717) is 5.56 Å². The SMILES string of the molecule is O=C(NN1CCCCC1)c1cccc(C#CCO)c1. The first-order valence-corrected chi connectivity index (χ1v) is 6.55. The molecule has 0 bridgehead atoms. The van der Waals surface area contributed by atoms with Gasteiger partial charge in [-0.15, -0.1) is 0 Å². The van der Waals surface area contributed by atoms with Crippen molar-refractivity contribution in [3.05, 3.63) is 35.4 Å². The van der Waals surface area contributed by atoms with Gasteiger partial charge in [0.15, 0.2) is 0 Å². The summed E-state index contributed by atoms with van der Waals surface area (Å²) in [4.78, 5) is 12.1. The Kier molecular flexibility index (Phi) is 4.96. The third-order valence-electron chi connectivity index (χ3n) is 3.05. The van der Waals surface area contributed by atoms with Crippen LogP contribution in [-0.2, 0) is 0 Å². The largest absolute Gasteiger partial charge is 0.384 e. The molecule has 1 aliphatic rings. The number of piperidine rings is 1. The molecule has 0 unspecified atom stereocenters. The van der Waals surface area contributed by atoms with E-state index in [1.54, 1.807) is 18.2 Å². The van der Waals surface area contributed by atoms with Crippen molar-refractivity contribution < 1.29 is 9.90 Å². The van der Waals surface area contributed by atoms with Crippen molar-refractivity contribution in [3.8, 4) is 11.8 Å². The lowest BCUT2D eigenvalue weighted by Crippen LogP contribution is -2.45. The summed E-state index contributed by atoms with van der Waals surface area (Å²) in [5.74, 6) is 5.27. The van der Waals surface area contributed by atoms with E-state index in [1.165, 1.54) is 6.42 Å². The van der Waals surface area contributed by atoms with Gasteiger partial charge >= 0.3 is 0 Å². The summed E-state index contributed by atoms with van der Waals surface area (Å²) < 4.78 is 0. The number of nitrogens with zero attached hydrogens (tertiary/aromatic N) is 1. The lowest BCUT2D eigenvalue weighted by molar-refractivity contribution is 0.0750. The standard InChI is InChI=1S/C15H18N2O2/c18-11-5-7-13-6-4-8-14(12-13)15(19)16-17-9-2-1-3-10-17/h4,6,8,12,18H,1-3,9-11H2,(H,16,19). The number of nitrogens with one attached hydrogen (secondary N) is 1. The molecule has 4 nitrogen and oxygen atoms in total. The molecule has 100 valence electrons. The van der Waals surface area contributed by atoms with E-state index in [4.69, 9.17) is 5.11 Å². The van der Waals surface area contributed by atoms with Crippen molar-refractivity contribution in [3.63, 3.8) is 0 Å².